The van der Waals surface area contributed by atoms with E-state index in [0.29, 0.717) is 13.1 Å². The molecule has 0 spiro atoms. The second kappa shape index (κ2) is 27.3. The third-order valence-corrected chi connectivity index (χ3v) is 8.06. The van der Waals surface area contributed by atoms with Gasteiger partial charge in [0.2, 0.25) is 0 Å². The van der Waals surface area contributed by atoms with Crippen LogP contribution in [0.5, 0.6) is 0 Å². The summed E-state index contributed by atoms with van der Waals surface area (Å²) in [6, 6.07) is 8.36. The minimum atomic E-state index is 0.566. The van der Waals surface area contributed by atoms with E-state index in [4.69, 9.17) is 0 Å². The van der Waals surface area contributed by atoms with Gasteiger partial charge in [0.15, 0.2) is 6.54 Å². The molecule has 42 heavy (non-hydrogen) atoms. The van der Waals surface area contributed by atoms with Crippen molar-refractivity contribution in [3.63, 3.8) is 0 Å². The van der Waals surface area contributed by atoms with Crippen LogP contribution in [0.4, 0.5) is 0 Å². The summed E-state index contributed by atoms with van der Waals surface area (Å²) in [7, 11) is 0. The third kappa shape index (κ3) is 22.1. The number of azo groups is 1. The first-order chi connectivity index (χ1) is 20.8. The molecule has 0 aromatic carbocycles. The molecule has 0 fully saturated rings. The van der Waals surface area contributed by atoms with Gasteiger partial charge in [-0.05, 0) is 79.7 Å². The monoisotopic (exact) mass is 576 g/mol. The minimum Gasteiger partial charge on any atom is -0.600 e. The van der Waals surface area contributed by atoms with Crippen LogP contribution in [-0.4, -0.2) is 27.9 Å². The number of hydrogen-bond donors (Lipinski definition) is 0. The SMILES string of the molecule is [O-][N+](CCCCCCCCCC/C=C\CCc1cccnc1)=NCCCCCCCCCCCCCc1cccnc1. The Hall–Kier alpha value is -2.56. The van der Waals surface area contributed by atoms with Crippen molar-refractivity contribution in [3.8, 4) is 0 Å². The Bertz CT molecular complexity index is 900. The summed E-state index contributed by atoms with van der Waals surface area (Å²) < 4.78 is 0. The average Bonchev–Trinajstić information content (AvgIpc) is 3.02. The van der Waals surface area contributed by atoms with Crippen molar-refractivity contribution in [3.05, 3.63) is 77.5 Å². The van der Waals surface area contributed by atoms with E-state index in [0.717, 1.165) is 37.0 Å². The fraction of sp³-hybridized carbons (Fsp3) is 0.676. The fourth-order valence-electron chi connectivity index (χ4n) is 5.43. The topological polar surface area (TPSA) is 64.2 Å². The lowest BCUT2D eigenvalue weighted by Gasteiger charge is -2.04. The van der Waals surface area contributed by atoms with Crippen LogP contribution in [0.3, 0.4) is 0 Å². The van der Waals surface area contributed by atoms with E-state index in [1.165, 1.54) is 127 Å². The van der Waals surface area contributed by atoms with Crippen LogP contribution in [0.2, 0.25) is 0 Å². The first kappa shape index (κ1) is 35.6. The van der Waals surface area contributed by atoms with Crippen molar-refractivity contribution in [2.45, 2.75) is 148 Å². The van der Waals surface area contributed by atoms with Gasteiger partial charge in [-0.15, -0.1) is 0 Å². The average molecular weight is 577 g/mol. The van der Waals surface area contributed by atoms with Crippen LogP contribution in [0, 0.1) is 5.21 Å². The molecule has 0 unspecified atom stereocenters. The van der Waals surface area contributed by atoms with Gasteiger partial charge in [-0.3, -0.25) is 9.97 Å². The number of pyridine rings is 2. The van der Waals surface area contributed by atoms with Crippen LogP contribution in [0.1, 0.15) is 146 Å². The molecule has 0 saturated carbocycles. The highest BCUT2D eigenvalue weighted by Gasteiger charge is 1.99. The molecule has 2 aromatic rings. The Balaban J connectivity index is 1.23. The largest absolute Gasteiger partial charge is 0.600 e. The Morgan fingerprint density at radius 3 is 1.60 bits per heavy atom. The van der Waals surface area contributed by atoms with Crippen molar-refractivity contribution < 1.29 is 4.86 Å². The van der Waals surface area contributed by atoms with Gasteiger partial charge in [-0.2, -0.15) is 0 Å². The molecule has 5 nitrogen and oxygen atoms in total. The summed E-state index contributed by atoms with van der Waals surface area (Å²) in [6.07, 6.45) is 41.1. The molecule has 0 radical (unpaired) electrons. The van der Waals surface area contributed by atoms with Crippen LogP contribution in [0.15, 0.2) is 66.3 Å². The van der Waals surface area contributed by atoms with Crippen molar-refractivity contribution in [1.29, 1.82) is 0 Å². The van der Waals surface area contributed by atoms with Gasteiger partial charge in [0.05, 0.1) is 0 Å². The van der Waals surface area contributed by atoms with Crippen molar-refractivity contribution in [2.75, 3.05) is 13.1 Å². The lowest BCUT2D eigenvalue weighted by Crippen LogP contribution is -2.04. The number of hydrogen-bond acceptors (Lipinski definition) is 4. The van der Waals surface area contributed by atoms with E-state index in [1.807, 2.05) is 36.9 Å². The molecule has 2 aromatic heterocycles. The molecule has 0 amide bonds. The fourth-order valence-corrected chi connectivity index (χ4v) is 5.43. The molecular formula is C37H60N4O. The predicted molar refractivity (Wildman–Crippen MR) is 178 cm³/mol. The van der Waals surface area contributed by atoms with E-state index >= 15 is 0 Å². The highest BCUT2D eigenvalue weighted by Crippen LogP contribution is 2.13. The molecule has 0 bridgehead atoms. The molecule has 0 aliphatic carbocycles. The Morgan fingerprint density at radius 2 is 1.02 bits per heavy atom. The maximum Gasteiger partial charge on any atom is 0.180 e. The zero-order valence-corrected chi connectivity index (χ0v) is 26.6. The number of unbranched alkanes of at least 4 members (excludes halogenated alkanes) is 18. The molecule has 234 valence electrons. The van der Waals surface area contributed by atoms with Crippen LogP contribution < -0.4 is 0 Å². The van der Waals surface area contributed by atoms with E-state index in [-0.39, 0.29) is 0 Å². The Kier molecular flexibility index (Phi) is 23.1. The Labute approximate surface area is 257 Å². The van der Waals surface area contributed by atoms with Crippen molar-refractivity contribution >= 4 is 0 Å². The normalized spacial score (nSPS) is 12.0. The number of nitrogens with zero attached hydrogens (tertiary/aromatic N) is 4. The molecule has 5 heteroatoms. The standard InChI is InChI=1S/C37H60N4O/c42-41(33-23-19-15-11-7-2-1-4-8-12-16-20-26-36-28-24-30-38-34-36)40-32-22-18-14-10-6-3-5-9-13-17-21-27-37-29-25-31-39-35-37/h12,16,24-25,28-31,34-35H,1-11,13-15,17-23,26-27,32-33H2/b16-12-,41-40?. The summed E-state index contributed by atoms with van der Waals surface area (Å²) in [5, 5.41) is 16.1. The smallest absolute Gasteiger partial charge is 0.180 e. The Morgan fingerprint density at radius 1 is 0.548 bits per heavy atom. The van der Waals surface area contributed by atoms with Crippen LogP contribution >= 0.6 is 0 Å². The quantitative estimate of drug-likeness (QED) is 0.0333. The summed E-state index contributed by atoms with van der Waals surface area (Å²) in [5.41, 5.74) is 2.68. The molecule has 0 saturated heterocycles. The van der Waals surface area contributed by atoms with Gasteiger partial charge in [0, 0.05) is 31.2 Å². The second-order valence-electron chi connectivity index (χ2n) is 11.9. The summed E-state index contributed by atoms with van der Waals surface area (Å²) >= 11 is 0. The lowest BCUT2D eigenvalue weighted by molar-refractivity contribution is -0.531. The van der Waals surface area contributed by atoms with Crippen molar-refractivity contribution in [2.24, 2.45) is 5.11 Å². The number of rotatable bonds is 28. The van der Waals surface area contributed by atoms with Crippen LogP contribution in [-0.2, 0) is 12.8 Å². The van der Waals surface area contributed by atoms with Crippen LogP contribution in [0.25, 0.3) is 0 Å². The molecule has 0 aliphatic heterocycles. The van der Waals surface area contributed by atoms with Crippen molar-refractivity contribution in [1.82, 2.24) is 9.97 Å². The van der Waals surface area contributed by atoms with Gasteiger partial charge >= 0.3 is 0 Å². The van der Waals surface area contributed by atoms with Gasteiger partial charge in [-0.1, -0.05) is 119 Å². The minimum absolute atomic E-state index is 0.566. The van der Waals surface area contributed by atoms with Gasteiger partial charge in [0.1, 0.15) is 6.54 Å². The zero-order valence-electron chi connectivity index (χ0n) is 26.6. The van der Waals surface area contributed by atoms with E-state index in [9.17, 15) is 5.21 Å². The number of aromatic nitrogens is 2. The van der Waals surface area contributed by atoms with E-state index in [1.54, 1.807) is 0 Å². The predicted octanol–water partition coefficient (Wildman–Crippen LogP) is 11.0. The maximum absolute atomic E-state index is 11.9. The van der Waals surface area contributed by atoms with Gasteiger partial charge < -0.3 is 5.21 Å². The number of allylic oxidation sites excluding steroid dienone is 2. The number of aryl methyl sites for hydroxylation is 2. The van der Waals surface area contributed by atoms with Gasteiger partial charge in [-0.25, -0.2) is 0 Å². The first-order valence-corrected chi connectivity index (χ1v) is 17.4. The highest BCUT2D eigenvalue weighted by atomic mass is 16.5. The molecule has 2 heterocycles. The zero-order chi connectivity index (χ0) is 29.6. The third-order valence-electron chi connectivity index (χ3n) is 8.06. The maximum atomic E-state index is 11.9. The molecule has 0 atom stereocenters. The molecule has 0 N–H and O–H groups in total. The summed E-state index contributed by atoms with van der Waals surface area (Å²) in [6.45, 7) is 1.26. The molecular weight excluding hydrogens is 516 g/mol. The second-order valence-corrected chi connectivity index (χ2v) is 11.9. The van der Waals surface area contributed by atoms with Gasteiger partial charge in [0.25, 0.3) is 0 Å². The molecule has 2 rings (SSSR count). The first-order valence-electron chi connectivity index (χ1n) is 17.4. The van der Waals surface area contributed by atoms with E-state index < -0.39 is 0 Å². The highest BCUT2D eigenvalue weighted by molar-refractivity contribution is 5.09. The molecule has 0 aliphatic rings. The summed E-state index contributed by atoms with van der Waals surface area (Å²) in [5.74, 6) is 0. The summed E-state index contributed by atoms with van der Waals surface area (Å²) in [4.78, 5) is 9.30. The van der Waals surface area contributed by atoms with E-state index in [2.05, 4.69) is 39.4 Å². The number of hydroxylamine groups is 1. The lowest BCUT2D eigenvalue weighted by atomic mass is 10.0.